The molecular weight excluding hydrogens is 308 g/mol. The van der Waals surface area contributed by atoms with Gasteiger partial charge in [0.2, 0.25) is 0 Å². The third kappa shape index (κ3) is 2.24. The fourth-order valence-electron chi connectivity index (χ4n) is 3.48. The minimum absolute atomic E-state index is 0.550. The van der Waals surface area contributed by atoms with Crippen molar-refractivity contribution in [1.82, 2.24) is 0 Å². The zero-order chi connectivity index (χ0) is 17.3. The van der Waals surface area contributed by atoms with Crippen LogP contribution in [-0.2, 0) is 5.54 Å². The van der Waals surface area contributed by atoms with Gasteiger partial charge in [-0.15, -0.1) is 0 Å². The van der Waals surface area contributed by atoms with Crippen molar-refractivity contribution in [3.63, 3.8) is 0 Å². The van der Waals surface area contributed by atoms with Crippen LogP contribution in [0.25, 0.3) is 5.57 Å². The molecule has 1 heterocycles. The summed E-state index contributed by atoms with van der Waals surface area (Å²) in [4.78, 5) is 0. The minimum Gasteiger partial charge on any atom is -0.287 e. The summed E-state index contributed by atoms with van der Waals surface area (Å²) in [6, 6.07) is 29.2. The number of nitrogens with zero attached hydrogens (tertiary/aromatic N) is 2. The van der Waals surface area contributed by atoms with Gasteiger partial charge in [0.25, 0.3) is 0 Å². The van der Waals surface area contributed by atoms with E-state index in [0.29, 0.717) is 11.3 Å². The number of allylic oxidation sites excluding steroid dienone is 1. The average Bonchev–Trinajstić information content (AvgIpc) is 2.70. The van der Waals surface area contributed by atoms with Crippen molar-refractivity contribution in [2.24, 2.45) is 0 Å². The van der Waals surface area contributed by atoms with Crippen LogP contribution in [0.3, 0.4) is 0 Å². The molecule has 0 aromatic heterocycles. The summed E-state index contributed by atoms with van der Waals surface area (Å²) in [5.41, 5.74) is 2.73. The number of hydrogen-bond acceptors (Lipinski definition) is 3. The van der Waals surface area contributed by atoms with Gasteiger partial charge >= 0.3 is 0 Å². The first kappa shape index (κ1) is 15.2. The Kier molecular flexibility index (Phi) is 3.61. The first-order chi connectivity index (χ1) is 12.3. The zero-order valence-electron chi connectivity index (χ0n) is 13.5. The number of hydroxylamine groups is 1. The second kappa shape index (κ2) is 5.94. The summed E-state index contributed by atoms with van der Waals surface area (Å²) < 4.78 is 0. The van der Waals surface area contributed by atoms with Crippen molar-refractivity contribution in [3.8, 4) is 6.07 Å². The molecule has 1 N–H and O–H groups in total. The second-order valence-electron chi connectivity index (χ2n) is 6.00. The third-order valence-corrected chi connectivity index (χ3v) is 4.66. The van der Waals surface area contributed by atoms with Gasteiger partial charge in [0.15, 0.2) is 0 Å². The lowest BCUT2D eigenvalue weighted by molar-refractivity contribution is 0.196. The van der Waals surface area contributed by atoms with Crippen LogP contribution in [0.1, 0.15) is 16.7 Å². The maximum Gasteiger partial charge on any atom is 0.137 e. The number of hydrogen-bond donors (Lipinski definition) is 1. The number of nitriles is 1. The molecule has 25 heavy (non-hydrogen) atoms. The van der Waals surface area contributed by atoms with Gasteiger partial charge in [-0.1, -0.05) is 78.9 Å². The zero-order valence-corrected chi connectivity index (χ0v) is 13.5. The monoisotopic (exact) mass is 324 g/mol. The number of anilines is 1. The van der Waals surface area contributed by atoms with Crippen molar-refractivity contribution in [2.75, 3.05) is 5.06 Å². The summed E-state index contributed by atoms with van der Waals surface area (Å²) >= 11 is 0. The van der Waals surface area contributed by atoms with E-state index in [0.717, 1.165) is 16.7 Å². The largest absolute Gasteiger partial charge is 0.287 e. The van der Waals surface area contributed by atoms with Gasteiger partial charge in [0.05, 0.1) is 17.3 Å². The first-order valence-electron chi connectivity index (χ1n) is 8.10. The molecule has 0 saturated carbocycles. The lowest BCUT2D eigenvalue weighted by Crippen LogP contribution is -2.46. The van der Waals surface area contributed by atoms with E-state index in [1.54, 1.807) is 0 Å². The molecule has 4 rings (SSSR count). The Morgan fingerprint density at radius 2 is 1.28 bits per heavy atom. The molecule has 0 amide bonds. The highest BCUT2D eigenvalue weighted by Crippen LogP contribution is 2.46. The Labute approximate surface area is 146 Å². The lowest BCUT2D eigenvalue weighted by atomic mass is 9.77. The van der Waals surface area contributed by atoms with Gasteiger partial charge in [-0.05, 0) is 23.3 Å². The Balaban J connectivity index is 2.08. The van der Waals surface area contributed by atoms with Gasteiger partial charge in [-0.2, -0.15) is 5.26 Å². The molecule has 3 aromatic rings. The fourth-order valence-corrected chi connectivity index (χ4v) is 3.48. The molecule has 0 saturated heterocycles. The predicted octanol–water partition coefficient (Wildman–Crippen LogP) is 4.75. The van der Waals surface area contributed by atoms with Crippen LogP contribution < -0.4 is 5.06 Å². The van der Waals surface area contributed by atoms with E-state index in [9.17, 15) is 10.5 Å². The molecule has 3 nitrogen and oxygen atoms in total. The Morgan fingerprint density at radius 1 is 0.760 bits per heavy atom. The molecule has 120 valence electrons. The Bertz CT molecular complexity index is 932. The summed E-state index contributed by atoms with van der Waals surface area (Å²) in [5, 5.41) is 22.3. The van der Waals surface area contributed by atoms with Crippen LogP contribution in [-0.4, -0.2) is 5.21 Å². The van der Waals surface area contributed by atoms with Crippen molar-refractivity contribution in [2.45, 2.75) is 5.54 Å². The molecule has 3 heteroatoms. The van der Waals surface area contributed by atoms with Crippen LogP contribution in [0.5, 0.6) is 0 Å². The first-order valence-corrected chi connectivity index (χ1v) is 8.10. The number of benzene rings is 3. The van der Waals surface area contributed by atoms with E-state index in [-0.39, 0.29) is 0 Å². The highest BCUT2D eigenvalue weighted by molar-refractivity contribution is 5.89. The van der Waals surface area contributed by atoms with Crippen molar-refractivity contribution >= 4 is 11.3 Å². The second-order valence-corrected chi connectivity index (χ2v) is 6.00. The number of fused-ring (bicyclic) bond motifs is 1. The van der Waals surface area contributed by atoms with Crippen molar-refractivity contribution in [1.29, 1.82) is 5.26 Å². The van der Waals surface area contributed by atoms with Crippen LogP contribution in [0.15, 0.2) is 91.0 Å². The molecule has 1 aliphatic heterocycles. The SMILES string of the molecule is N#CC1=CC(c2ccccc2)(c2ccccc2)N(O)c2ccccc21. The summed E-state index contributed by atoms with van der Waals surface area (Å²) in [7, 11) is 0. The Morgan fingerprint density at radius 3 is 1.84 bits per heavy atom. The van der Waals surface area contributed by atoms with Crippen LogP contribution >= 0.6 is 0 Å². The van der Waals surface area contributed by atoms with Gasteiger partial charge in [0, 0.05) is 5.56 Å². The highest BCUT2D eigenvalue weighted by atomic mass is 16.5. The maximum atomic E-state index is 11.3. The van der Waals surface area contributed by atoms with Crippen LogP contribution in [0.4, 0.5) is 5.69 Å². The summed E-state index contributed by atoms with van der Waals surface area (Å²) in [5.74, 6) is 0. The van der Waals surface area contributed by atoms with Crippen LogP contribution in [0, 0.1) is 11.3 Å². The van der Waals surface area contributed by atoms with E-state index in [2.05, 4.69) is 6.07 Å². The average molecular weight is 324 g/mol. The molecular formula is C22H16N2O. The summed E-state index contributed by atoms with van der Waals surface area (Å²) in [6.45, 7) is 0. The molecule has 0 spiro atoms. The standard InChI is InChI=1S/C22H16N2O/c23-16-17-15-22(18-9-3-1-4-10-18,19-11-5-2-6-12-19)24(25)21-14-8-7-13-20(17)21/h1-15,25H. The maximum absolute atomic E-state index is 11.3. The van der Waals surface area contributed by atoms with Gasteiger partial charge in [-0.3, -0.25) is 5.21 Å². The van der Waals surface area contributed by atoms with Gasteiger partial charge in [-0.25, -0.2) is 5.06 Å². The quantitative estimate of drug-likeness (QED) is 0.740. The minimum atomic E-state index is -0.956. The van der Waals surface area contributed by atoms with E-state index in [1.165, 1.54) is 5.06 Å². The normalized spacial score (nSPS) is 15.0. The molecule has 0 aliphatic carbocycles. The summed E-state index contributed by atoms with van der Waals surface area (Å²) in [6.07, 6.45) is 1.85. The molecule has 0 fully saturated rings. The van der Waals surface area contributed by atoms with E-state index >= 15 is 0 Å². The molecule has 3 aromatic carbocycles. The number of rotatable bonds is 2. The van der Waals surface area contributed by atoms with Gasteiger partial charge in [0.1, 0.15) is 5.54 Å². The van der Waals surface area contributed by atoms with E-state index in [1.807, 2.05) is 91.0 Å². The molecule has 0 atom stereocenters. The molecule has 0 bridgehead atoms. The highest BCUT2D eigenvalue weighted by Gasteiger charge is 2.43. The smallest absolute Gasteiger partial charge is 0.137 e. The van der Waals surface area contributed by atoms with E-state index in [4.69, 9.17) is 0 Å². The third-order valence-electron chi connectivity index (χ3n) is 4.66. The predicted molar refractivity (Wildman–Crippen MR) is 98.0 cm³/mol. The molecule has 0 unspecified atom stereocenters. The van der Waals surface area contributed by atoms with E-state index < -0.39 is 5.54 Å². The topological polar surface area (TPSA) is 47.3 Å². The van der Waals surface area contributed by atoms with Crippen molar-refractivity contribution in [3.05, 3.63) is 108 Å². The van der Waals surface area contributed by atoms with Crippen LogP contribution in [0.2, 0.25) is 0 Å². The molecule has 0 radical (unpaired) electrons. The van der Waals surface area contributed by atoms with Gasteiger partial charge < -0.3 is 0 Å². The number of para-hydroxylation sites is 1. The fraction of sp³-hybridized carbons (Fsp3) is 0.0455. The molecule has 1 aliphatic rings. The Hall–Kier alpha value is -3.35. The van der Waals surface area contributed by atoms with Crippen molar-refractivity contribution < 1.29 is 5.21 Å². The lowest BCUT2D eigenvalue weighted by Gasteiger charge is -2.43.